The molecule has 7 heteroatoms. The highest BCUT2D eigenvalue weighted by Crippen LogP contribution is 2.23. The zero-order chi connectivity index (χ0) is 17.8. The van der Waals surface area contributed by atoms with Crippen LogP contribution >= 0.6 is 11.3 Å². The van der Waals surface area contributed by atoms with E-state index in [0.29, 0.717) is 5.82 Å². The average molecular weight is 357 g/mol. The van der Waals surface area contributed by atoms with E-state index in [-0.39, 0.29) is 24.4 Å². The molecule has 0 unspecified atom stereocenters. The number of carbonyl (C=O) groups excluding carboxylic acids is 1. The van der Waals surface area contributed by atoms with Crippen LogP contribution in [0.2, 0.25) is 0 Å². The van der Waals surface area contributed by atoms with Crippen molar-refractivity contribution in [3.05, 3.63) is 64.0 Å². The maximum Gasteiger partial charge on any atom is 0.442 e. The van der Waals surface area contributed by atoms with Crippen LogP contribution in [0.4, 0.5) is 0 Å². The second kappa shape index (κ2) is 7.48. The molecule has 0 saturated heterocycles. The van der Waals surface area contributed by atoms with E-state index >= 15 is 0 Å². The summed E-state index contributed by atoms with van der Waals surface area (Å²) in [4.78, 5) is 25.2. The van der Waals surface area contributed by atoms with Gasteiger partial charge in [-0.2, -0.15) is 0 Å². The fourth-order valence-corrected chi connectivity index (χ4v) is 3.36. The monoisotopic (exact) mass is 357 g/mol. The van der Waals surface area contributed by atoms with Crippen molar-refractivity contribution in [2.75, 3.05) is 0 Å². The molecule has 0 saturated carbocycles. The predicted molar refractivity (Wildman–Crippen MR) is 96.2 cm³/mol. The van der Waals surface area contributed by atoms with Crippen molar-refractivity contribution in [3.63, 3.8) is 0 Å². The number of hydrogen-bond acceptors (Lipinski definition) is 5. The number of hydrogen-bond donors (Lipinski definition) is 1. The molecule has 0 aliphatic carbocycles. The SMILES string of the molecule is CC(C)[C@H](NC(=O)Cn1c(-c2cccs2)noc1=O)c1ccccc1. The number of nitrogens with zero attached hydrogens (tertiary/aromatic N) is 2. The third kappa shape index (κ3) is 3.88. The second-order valence-electron chi connectivity index (χ2n) is 6.04. The Kier molecular flexibility index (Phi) is 5.14. The Balaban J connectivity index is 1.79. The van der Waals surface area contributed by atoms with E-state index in [1.165, 1.54) is 15.9 Å². The van der Waals surface area contributed by atoms with E-state index < -0.39 is 5.76 Å². The summed E-state index contributed by atoms with van der Waals surface area (Å²) in [7, 11) is 0. The van der Waals surface area contributed by atoms with Crippen LogP contribution in [-0.2, 0) is 11.3 Å². The number of thiophene rings is 1. The van der Waals surface area contributed by atoms with E-state index in [2.05, 4.69) is 10.5 Å². The Morgan fingerprint density at radius 3 is 2.64 bits per heavy atom. The van der Waals surface area contributed by atoms with Gasteiger partial charge in [0.05, 0.1) is 10.9 Å². The smallest absolute Gasteiger partial charge is 0.347 e. The summed E-state index contributed by atoms with van der Waals surface area (Å²) in [6, 6.07) is 13.3. The van der Waals surface area contributed by atoms with E-state index in [9.17, 15) is 9.59 Å². The third-order valence-electron chi connectivity index (χ3n) is 3.87. The van der Waals surface area contributed by atoms with Crippen LogP contribution in [0.3, 0.4) is 0 Å². The summed E-state index contributed by atoms with van der Waals surface area (Å²) in [5.74, 6) is -0.316. The van der Waals surface area contributed by atoms with Gasteiger partial charge < -0.3 is 5.32 Å². The minimum absolute atomic E-state index is 0.130. The fourth-order valence-electron chi connectivity index (χ4n) is 2.65. The molecule has 0 aliphatic heterocycles. The molecule has 6 nitrogen and oxygen atoms in total. The molecule has 3 aromatic rings. The van der Waals surface area contributed by atoms with Crippen LogP contribution in [0.25, 0.3) is 10.7 Å². The van der Waals surface area contributed by atoms with Gasteiger partial charge in [-0.25, -0.2) is 9.36 Å². The summed E-state index contributed by atoms with van der Waals surface area (Å²) in [6.45, 7) is 3.95. The molecule has 2 heterocycles. The van der Waals surface area contributed by atoms with Gasteiger partial charge in [0.2, 0.25) is 5.91 Å². The number of nitrogens with one attached hydrogen (secondary N) is 1. The van der Waals surface area contributed by atoms with Gasteiger partial charge in [0.25, 0.3) is 0 Å². The van der Waals surface area contributed by atoms with Gasteiger partial charge >= 0.3 is 5.76 Å². The highest BCUT2D eigenvalue weighted by atomic mass is 32.1. The van der Waals surface area contributed by atoms with E-state index in [1.807, 2.05) is 61.7 Å². The standard InChI is InChI=1S/C18H19N3O3S/c1-12(2)16(13-7-4-3-5-8-13)19-15(22)11-21-17(20-24-18(21)23)14-9-6-10-25-14/h3-10,12,16H,11H2,1-2H3,(H,19,22)/t16-/m0/s1. The molecule has 0 radical (unpaired) electrons. The minimum atomic E-state index is -0.639. The maximum absolute atomic E-state index is 12.5. The molecule has 3 rings (SSSR count). The van der Waals surface area contributed by atoms with Crippen molar-refractivity contribution in [3.8, 4) is 10.7 Å². The molecular formula is C18H19N3O3S. The van der Waals surface area contributed by atoms with Gasteiger partial charge in [0.15, 0.2) is 5.82 Å². The highest BCUT2D eigenvalue weighted by molar-refractivity contribution is 7.13. The van der Waals surface area contributed by atoms with Crippen molar-refractivity contribution in [2.45, 2.75) is 26.4 Å². The van der Waals surface area contributed by atoms with Crippen LogP contribution in [0.15, 0.2) is 57.2 Å². The van der Waals surface area contributed by atoms with Crippen LogP contribution in [0, 0.1) is 5.92 Å². The largest absolute Gasteiger partial charge is 0.442 e. The van der Waals surface area contributed by atoms with E-state index in [0.717, 1.165) is 10.4 Å². The van der Waals surface area contributed by atoms with Crippen LogP contribution in [0.5, 0.6) is 0 Å². The molecule has 1 amide bonds. The zero-order valence-corrected chi connectivity index (χ0v) is 14.8. The average Bonchev–Trinajstić information content (AvgIpc) is 3.24. The quantitative estimate of drug-likeness (QED) is 0.735. The Morgan fingerprint density at radius 1 is 1.24 bits per heavy atom. The molecule has 0 spiro atoms. The first kappa shape index (κ1) is 17.2. The van der Waals surface area contributed by atoms with Crippen molar-refractivity contribution < 1.29 is 9.32 Å². The first-order valence-electron chi connectivity index (χ1n) is 8.01. The lowest BCUT2D eigenvalue weighted by Crippen LogP contribution is -2.36. The molecule has 1 N–H and O–H groups in total. The number of rotatable bonds is 6. The maximum atomic E-state index is 12.5. The van der Waals surface area contributed by atoms with Crippen molar-refractivity contribution in [1.29, 1.82) is 0 Å². The van der Waals surface area contributed by atoms with Gasteiger partial charge in [-0.15, -0.1) is 11.3 Å². The Bertz CT molecular complexity index is 882. The number of amides is 1. The molecule has 1 atom stereocenters. The molecule has 25 heavy (non-hydrogen) atoms. The molecule has 130 valence electrons. The predicted octanol–water partition coefficient (Wildman–Crippen LogP) is 3.08. The van der Waals surface area contributed by atoms with Crippen molar-refractivity contribution in [1.82, 2.24) is 15.0 Å². The lowest BCUT2D eigenvalue weighted by atomic mass is 9.96. The first-order valence-corrected chi connectivity index (χ1v) is 8.89. The summed E-state index contributed by atoms with van der Waals surface area (Å²) in [6.07, 6.45) is 0. The molecule has 0 bridgehead atoms. The summed E-state index contributed by atoms with van der Waals surface area (Å²) >= 11 is 1.43. The Labute approximate surface area is 149 Å². The van der Waals surface area contributed by atoms with Crippen LogP contribution in [-0.4, -0.2) is 15.6 Å². The highest BCUT2D eigenvalue weighted by Gasteiger charge is 2.21. The summed E-state index contributed by atoms with van der Waals surface area (Å²) in [5, 5.41) is 8.67. The van der Waals surface area contributed by atoms with Gasteiger partial charge in [0.1, 0.15) is 6.54 Å². The summed E-state index contributed by atoms with van der Waals surface area (Å²) < 4.78 is 5.99. The molecular weight excluding hydrogens is 338 g/mol. The Morgan fingerprint density at radius 2 is 2.00 bits per heavy atom. The first-order chi connectivity index (χ1) is 12.1. The second-order valence-corrected chi connectivity index (χ2v) is 6.98. The van der Waals surface area contributed by atoms with Crippen molar-refractivity contribution in [2.24, 2.45) is 5.92 Å². The molecule has 1 aromatic carbocycles. The van der Waals surface area contributed by atoms with Gasteiger partial charge in [0, 0.05) is 0 Å². The number of carbonyl (C=O) groups is 1. The Hall–Kier alpha value is -2.67. The van der Waals surface area contributed by atoms with Crippen LogP contribution in [0.1, 0.15) is 25.5 Å². The molecule has 0 aliphatic rings. The topological polar surface area (TPSA) is 77.1 Å². The van der Waals surface area contributed by atoms with Gasteiger partial charge in [-0.3, -0.25) is 9.32 Å². The lowest BCUT2D eigenvalue weighted by molar-refractivity contribution is -0.122. The fraction of sp³-hybridized carbons (Fsp3) is 0.278. The van der Waals surface area contributed by atoms with Crippen LogP contribution < -0.4 is 11.1 Å². The number of benzene rings is 1. The van der Waals surface area contributed by atoms with Gasteiger partial charge in [-0.1, -0.05) is 55.4 Å². The number of aromatic nitrogens is 2. The summed E-state index contributed by atoms with van der Waals surface area (Å²) in [5.41, 5.74) is 1.03. The molecule has 2 aromatic heterocycles. The minimum Gasteiger partial charge on any atom is -0.347 e. The van der Waals surface area contributed by atoms with E-state index in [4.69, 9.17) is 4.52 Å². The molecule has 0 fully saturated rings. The third-order valence-corrected chi connectivity index (χ3v) is 4.74. The van der Waals surface area contributed by atoms with Gasteiger partial charge in [-0.05, 0) is 22.9 Å². The van der Waals surface area contributed by atoms with E-state index in [1.54, 1.807) is 0 Å². The van der Waals surface area contributed by atoms with Crippen molar-refractivity contribution >= 4 is 17.2 Å². The normalized spacial score (nSPS) is 12.3. The zero-order valence-electron chi connectivity index (χ0n) is 14.0. The lowest BCUT2D eigenvalue weighted by Gasteiger charge is -2.23.